The van der Waals surface area contributed by atoms with Crippen molar-refractivity contribution in [1.29, 1.82) is 0 Å². The number of thioether (sulfide) groups is 1. The van der Waals surface area contributed by atoms with Crippen molar-refractivity contribution in [2.24, 2.45) is 5.73 Å². The average molecular weight is 199 g/mol. The van der Waals surface area contributed by atoms with Crippen LogP contribution in [0, 0.1) is 13.8 Å². The Bertz CT molecular complexity index is 281. The van der Waals surface area contributed by atoms with Gasteiger partial charge in [0.15, 0.2) is 0 Å². The van der Waals surface area contributed by atoms with Gasteiger partial charge in [0, 0.05) is 24.5 Å². The van der Waals surface area contributed by atoms with Crippen LogP contribution in [0.5, 0.6) is 0 Å². The van der Waals surface area contributed by atoms with Gasteiger partial charge in [0.05, 0.1) is 10.6 Å². The quantitative estimate of drug-likeness (QED) is 0.749. The predicted molar refractivity (Wildman–Crippen MR) is 57.2 cm³/mol. The molecular formula is C9H17N3S. The number of nitrogens with two attached hydrogens (primary N) is 1. The highest BCUT2D eigenvalue weighted by atomic mass is 32.2. The van der Waals surface area contributed by atoms with Crippen LogP contribution in [0.4, 0.5) is 0 Å². The summed E-state index contributed by atoms with van der Waals surface area (Å²) < 4.78 is 2.04. The predicted octanol–water partition coefficient (Wildman–Crippen LogP) is 1.57. The summed E-state index contributed by atoms with van der Waals surface area (Å²) in [5, 5.41) is 4.44. The van der Waals surface area contributed by atoms with E-state index in [4.69, 9.17) is 5.73 Å². The van der Waals surface area contributed by atoms with E-state index in [1.165, 1.54) is 10.6 Å². The monoisotopic (exact) mass is 199 g/mol. The molecule has 0 bridgehead atoms. The van der Waals surface area contributed by atoms with Gasteiger partial charge in [0.2, 0.25) is 0 Å². The van der Waals surface area contributed by atoms with Gasteiger partial charge >= 0.3 is 0 Å². The van der Waals surface area contributed by atoms with E-state index < -0.39 is 0 Å². The largest absolute Gasteiger partial charge is 0.330 e. The molecule has 4 heteroatoms. The lowest BCUT2D eigenvalue weighted by atomic mass is 10.4. The third-order valence-electron chi connectivity index (χ3n) is 1.98. The summed E-state index contributed by atoms with van der Waals surface area (Å²) in [5.41, 5.74) is 7.85. The first kappa shape index (κ1) is 10.6. The van der Waals surface area contributed by atoms with E-state index in [1.54, 1.807) is 11.8 Å². The van der Waals surface area contributed by atoms with Crippen LogP contribution in [-0.4, -0.2) is 22.1 Å². The fourth-order valence-corrected chi connectivity index (χ4v) is 2.24. The molecule has 0 aliphatic rings. The molecule has 1 aromatic heterocycles. The third-order valence-corrected chi connectivity index (χ3v) is 3.30. The molecule has 0 atom stereocenters. The van der Waals surface area contributed by atoms with Crippen LogP contribution < -0.4 is 5.73 Å². The van der Waals surface area contributed by atoms with Gasteiger partial charge in [-0.3, -0.25) is 4.68 Å². The summed E-state index contributed by atoms with van der Waals surface area (Å²) in [6.07, 6.45) is 0. The fourth-order valence-electron chi connectivity index (χ4n) is 1.36. The van der Waals surface area contributed by atoms with Crippen LogP contribution in [-0.2, 0) is 6.54 Å². The topological polar surface area (TPSA) is 43.8 Å². The van der Waals surface area contributed by atoms with Crippen LogP contribution in [0.1, 0.15) is 18.3 Å². The van der Waals surface area contributed by atoms with Crippen LogP contribution in [0.15, 0.2) is 4.90 Å². The summed E-state index contributed by atoms with van der Waals surface area (Å²) in [7, 11) is 0. The zero-order chi connectivity index (χ0) is 9.84. The zero-order valence-corrected chi connectivity index (χ0v) is 9.32. The lowest BCUT2D eigenvalue weighted by Gasteiger charge is -2.01. The molecule has 0 spiro atoms. The van der Waals surface area contributed by atoms with Gasteiger partial charge in [-0.05, 0) is 20.8 Å². The van der Waals surface area contributed by atoms with Gasteiger partial charge in [0.25, 0.3) is 0 Å². The summed E-state index contributed by atoms with van der Waals surface area (Å²) in [6.45, 7) is 7.94. The Morgan fingerprint density at radius 3 is 2.62 bits per heavy atom. The second-order valence-corrected chi connectivity index (χ2v) is 4.06. The molecule has 0 amide bonds. The maximum atomic E-state index is 5.47. The smallest absolute Gasteiger partial charge is 0.0732 e. The Kier molecular flexibility index (Phi) is 3.81. The number of aryl methyl sites for hydroxylation is 2. The minimum Gasteiger partial charge on any atom is -0.330 e. The number of rotatable bonds is 4. The standard InChI is InChI=1S/C9H17N3S/c1-4-12-8(3)9(7(2)11-12)13-6-5-10/h4-6,10H2,1-3H3. The van der Waals surface area contributed by atoms with E-state index >= 15 is 0 Å². The Morgan fingerprint density at radius 2 is 2.15 bits per heavy atom. The molecule has 0 fully saturated rings. The van der Waals surface area contributed by atoms with Crippen molar-refractivity contribution >= 4 is 11.8 Å². The minimum absolute atomic E-state index is 0.723. The molecule has 0 aliphatic heterocycles. The van der Waals surface area contributed by atoms with Crippen molar-refractivity contribution in [3.8, 4) is 0 Å². The number of aromatic nitrogens is 2. The van der Waals surface area contributed by atoms with Crippen molar-refractivity contribution in [3.63, 3.8) is 0 Å². The molecule has 0 aliphatic carbocycles. The van der Waals surface area contributed by atoms with Crippen molar-refractivity contribution in [1.82, 2.24) is 9.78 Å². The van der Waals surface area contributed by atoms with E-state index in [0.717, 1.165) is 24.5 Å². The van der Waals surface area contributed by atoms with Gasteiger partial charge in [-0.25, -0.2) is 0 Å². The van der Waals surface area contributed by atoms with E-state index in [9.17, 15) is 0 Å². The summed E-state index contributed by atoms with van der Waals surface area (Å²) in [6, 6.07) is 0. The minimum atomic E-state index is 0.723. The summed E-state index contributed by atoms with van der Waals surface area (Å²) in [4.78, 5) is 1.30. The molecule has 0 saturated carbocycles. The van der Waals surface area contributed by atoms with E-state index in [-0.39, 0.29) is 0 Å². The fraction of sp³-hybridized carbons (Fsp3) is 0.667. The molecule has 0 saturated heterocycles. The second kappa shape index (κ2) is 4.67. The Labute approximate surface area is 83.7 Å². The van der Waals surface area contributed by atoms with E-state index in [2.05, 4.69) is 25.9 Å². The highest BCUT2D eigenvalue weighted by Gasteiger charge is 2.09. The van der Waals surface area contributed by atoms with Crippen molar-refractivity contribution in [2.75, 3.05) is 12.3 Å². The van der Waals surface area contributed by atoms with Gasteiger partial charge in [0.1, 0.15) is 0 Å². The van der Waals surface area contributed by atoms with Crippen LogP contribution in [0.2, 0.25) is 0 Å². The second-order valence-electron chi connectivity index (χ2n) is 2.95. The van der Waals surface area contributed by atoms with Gasteiger partial charge in [-0.2, -0.15) is 5.10 Å². The highest BCUT2D eigenvalue weighted by molar-refractivity contribution is 7.99. The lowest BCUT2D eigenvalue weighted by Crippen LogP contribution is -2.01. The maximum absolute atomic E-state index is 5.47. The number of nitrogens with zero attached hydrogens (tertiary/aromatic N) is 2. The lowest BCUT2D eigenvalue weighted by molar-refractivity contribution is 0.633. The first-order valence-corrected chi connectivity index (χ1v) is 5.56. The van der Waals surface area contributed by atoms with Crippen molar-refractivity contribution in [2.45, 2.75) is 32.2 Å². The Hall–Kier alpha value is -0.480. The molecule has 0 aromatic carbocycles. The molecule has 74 valence electrons. The molecule has 13 heavy (non-hydrogen) atoms. The van der Waals surface area contributed by atoms with Gasteiger partial charge in [-0.1, -0.05) is 0 Å². The van der Waals surface area contributed by atoms with Crippen molar-refractivity contribution < 1.29 is 0 Å². The number of hydrogen-bond donors (Lipinski definition) is 1. The molecule has 1 rings (SSSR count). The number of hydrogen-bond acceptors (Lipinski definition) is 3. The van der Waals surface area contributed by atoms with Gasteiger partial charge in [-0.15, -0.1) is 11.8 Å². The Morgan fingerprint density at radius 1 is 1.46 bits per heavy atom. The SMILES string of the molecule is CCn1nc(C)c(SCCN)c1C. The molecule has 0 radical (unpaired) electrons. The van der Waals surface area contributed by atoms with E-state index in [0.29, 0.717) is 0 Å². The average Bonchev–Trinajstić information content (AvgIpc) is 2.39. The normalized spacial score (nSPS) is 10.8. The first-order valence-electron chi connectivity index (χ1n) is 4.57. The van der Waals surface area contributed by atoms with Gasteiger partial charge < -0.3 is 5.73 Å². The van der Waals surface area contributed by atoms with Crippen LogP contribution in [0.25, 0.3) is 0 Å². The molecule has 0 unspecified atom stereocenters. The summed E-state index contributed by atoms with van der Waals surface area (Å²) >= 11 is 1.80. The molecule has 3 nitrogen and oxygen atoms in total. The van der Waals surface area contributed by atoms with Crippen LogP contribution in [0.3, 0.4) is 0 Å². The molecule has 2 N–H and O–H groups in total. The zero-order valence-electron chi connectivity index (χ0n) is 8.50. The van der Waals surface area contributed by atoms with E-state index in [1.807, 2.05) is 4.68 Å². The van der Waals surface area contributed by atoms with Crippen LogP contribution >= 0.6 is 11.8 Å². The van der Waals surface area contributed by atoms with Crippen molar-refractivity contribution in [3.05, 3.63) is 11.4 Å². The molecule has 1 aromatic rings. The molecular weight excluding hydrogens is 182 g/mol. The first-order chi connectivity index (χ1) is 6.20. The maximum Gasteiger partial charge on any atom is 0.0732 e. The Balaban J connectivity index is 2.85. The summed E-state index contributed by atoms with van der Waals surface area (Å²) in [5.74, 6) is 0.969. The third kappa shape index (κ3) is 2.25. The molecule has 1 heterocycles. The highest BCUT2D eigenvalue weighted by Crippen LogP contribution is 2.25.